The fourth-order valence-electron chi connectivity index (χ4n) is 2.61. The van der Waals surface area contributed by atoms with Gasteiger partial charge in [-0.25, -0.2) is 9.97 Å². The molecular weight excluding hydrogens is 230 g/mol. The van der Waals surface area contributed by atoms with Crippen molar-refractivity contribution in [3.8, 4) is 5.88 Å². The van der Waals surface area contributed by atoms with Crippen molar-refractivity contribution >= 4 is 17.1 Å². The molecule has 1 saturated carbocycles. The SMILES string of the molecule is CCCC1CC1n1c(N)nc2c(OC)ncnc21. The molecular formula is C12H17N5O. The van der Waals surface area contributed by atoms with E-state index in [1.165, 1.54) is 19.2 Å². The fourth-order valence-corrected chi connectivity index (χ4v) is 2.61. The topological polar surface area (TPSA) is 78.9 Å². The van der Waals surface area contributed by atoms with E-state index >= 15 is 0 Å². The van der Waals surface area contributed by atoms with Crippen LogP contribution in [0.4, 0.5) is 5.95 Å². The molecule has 2 heterocycles. The summed E-state index contributed by atoms with van der Waals surface area (Å²) in [6, 6.07) is 0.439. The van der Waals surface area contributed by atoms with Gasteiger partial charge in [0.25, 0.3) is 0 Å². The van der Waals surface area contributed by atoms with E-state index in [1.54, 1.807) is 7.11 Å². The molecule has 2 N–H and O–H groups in total. The molecule has 0 bridgehead atoms. The van der Waals surface area contributed by atoms with Crippen LogP contribution in [0.3, 0.4) is 0 Å². The van der Waals surface area contributed by atoms with Crippen molar-refractivity contribution in [3.05, 3.63) is 6.33 Å². The van der Waals surface area contributed by atoms with Crippen LogP contribution in [0.1, 0.15) is 32.2 Å². The number of nitrogen functional groups attached to an aromatic ring is 1. The number of hydrogen-bond acceptors (Lipinski definition) is 5. The average Bonchev–Trinajstić information content (AvgIpc) is 3.02. The van der Waals surface area contributed by atoms with Crippen LogP contribution in [0.25, 0.3) is 11.2 Å². The second-order valence-corrected chi connectivity index (χ2v) is 4.75. The maximum atomic E-state index is 6.00. The van der Waals surface area contributed by atoms with Gasteiger partial charge in [0, 0.05) is 6.04 Å². The van der Waals surface area contributed by atoms with Crippen LogP contribution < -0.4 is 10.5 Å². The van der Waals surface area contributed by atoms with Crippen LogP contribution in [0.15, 0.2) is 6.33 Å². The highest BCUT2D eigenvalue weighted by Gasteiger charge is 2.40. The predicted molar refractivity (Wildman–Crippen MR) is 68.3 cm³/mol. The van der Waals surface area contributed by atoms with Crippen molar-refractivity contribution in [1.29, 1.82) is 0 Å². The summed E-state index contributed by atoms with van der Waals surface area (Å²) < 4.78 is 7.22. The van der Waals surface area contributed by atoms with Crippen LogP contribution in [-0.4, -0.2) is 26.6 Å². The minimum Gasteiger partial charge on any atom is -0.479 e. The number of imidazole rings is 1. The molecule has 2 atom stereocenters. The van der Waals surface area contributed by atoms with Gasteiger partial charge in [-0.2, -0.15) is 4.98 Å². The van der Waals surface area contributed by atoms with Crippen molar-refractivity contribution in [2.24, 2.45) is 5.92 Å². The first kappa shape index (κ1) is 11.3. The van der Waals surface area contributed by atoms with Gasteiger partial charge in [-0.15, -0.1) is 0 Å². The zero-order valence-corrected chi connectivity index (χ0v) is 10.6. The molecule has 0 aliphatic heterocycles. The maximum Gasteiger partial charge on any atom is 0.245 e. The molecule has 18 heavy (non-hydrogen) atoms. The van der Waals surface area contributed by atoms with Gasteiger partial charge < -0.3 is 10.5 Å². The van der Waals surface area contributed by atoms with Crippen molar-refractivity contribution < 1.29 is 4.74 Å². The third-order valence-corrected chi connectivity index (χ3v) is 3.54. The lowest BCUT2D eigenvalue weighted by molar-refractivity contribution is 0.401. The molecule has 0 spiro atoms. The molecule has 2 aromatic rings. The van der Waals surface area contributed by atoms with E-state index in [-0.39, 0.29) is 0 Å². The van der Waals surface area contributed by atoms with E-state index in [1.807, 2.05) is 4.57 Å². The van der Waals surface area contributed by atoms with Crippen molar-refractivity contribution in [1.82, 2.24) is 19.5 Å². The monoisotopic (exact) mass is 247 g/mol. The molecule has 0 saturated heterocycles. The van der Waals surface area contributed by atoms with Gasteiger partial charge in [0.1, 0.15) is 6.33 Å². The second-order valence-electron chi connectivity index (χ2n) is 4.75. The van der Waals surface area contributed by atoms with Gasteiger partial charge in [0.15, 0.2) is 11.2 Å². The third-order valence-electron chi connectivity index (χ3n) is 3.54. The molecule has 3 rings (SSSR count). The predicted octanol–water partition coefficient (Wildman–Crippen LogP) is 1.78. The third kappa shape index (κ3) is 1.60. The lowest BCUT2D eigenvalue weighted by Gasteiger charge is -2.04. The minimum absolute atomic E-state index is 0.439. The Kier molecular flexibility index (Phi) is 2.57. The summed E-state index contributed by atoms with van der Waals surface area (Å²) in [7, 11) is 1.58. The summed E-state index contributed by atoms with van der Waals surface area (Å²) in [6.07, 6.45) is 5.09. The van der Waals surface area contributed by atoms with Crippen LogP contribution >= 0.6 is 0 Å². The number of fused-ring (bicyclic) bond motifs is 1. The summed E-state index contributed by atoms with van der Waals surface area (Å²) >= 11 is 0. The number of rotatable bonds is 4. The standard InChI is InChI=1S/C12H17N5O/c1-3-4-7-5-8(7)17-10-9(16-12(17)13)11(18-2)15-6-14-10/h6-8H,3-5H2,1-2H3,(H2,13,16). The maximum absolute atomic E-state index is 6.00. The highest BCUT2D eigenvalue weighted by molar-refractivity contribution is 5.79. The van der Waals surface area contributed by atoms with Crippen molar-refractivity contribution in [2.45, 2.75) is 32.2 Å². The summed E-state index contributed by atoms with van der Waals surface area (Å²) in [6.45, 7) is 2.20. The Morgan fingerprint density at radius 1 is 1.50 bits per heavy atom. The Balaban J connectivity index is 2.05. The van der Waals surface area contributed by atoms with Gasteiger partial charge in [-0.05, 0) is 18.8 Å². The van der Waals surface area contributed by atoms with Crippen LogP contribution in [0.2, 0.25) is 0 Å². The Labute approximate surface area is 105 Å². The normalized spacial score (nSPS) is 22.3. The molecule has 0 aromatic carbocycles. The number of nitrogens with zero attached hydrogens (tertiary/aromatic N) is 4. The molecule has 2 unspecified atom stereocenters. The number of nitrogens with two attached hydrogens (primary N) is 1. The number of methoxy groups -OCH3 is 1. The van der Waals surface area contributed by atoms with Gasteiger partial charge in [0.2, 0.25) is 11.8 Å². The molecule has 6 heteroatoms. The van der Waals surface area contributed by atoms with Crippen molar-refractivity contribution in [2.75, 3.05) is 12.8 Å². The quantitative estimate of drug-likeness (QED) is 0.890. The fraction of sp³-hybridized carbons (Fsp3) is 0.583. The Hall–Kier alpha value is -1.85. The van der Waals surface area contributed by atoms with Crippen LogP contribution in [0.5, 0.6) is 5.88 Å². The molecule has 0 radical (unpaired) electrons. The first-order chi connectivity index (χ1) is 8.76. The van der Waals surface area contributed by atoms with E-state index in [0.29, 0.717) is 29.3 Å². The molecule has 1 fully saturated rings. The van der Waals surface area contributed by atoms with E-state index in [9.17, 15) is 0 Å². The lowest BCUT2D eigenvalue weighted by atomic mass is 10.2. The number of hydrogen-bond donors (Lipinski definition) is 1. The molecule has 1 aliphatic carbocycles. The zero-order valence-electron chi connectivity index (χ0n) is 10.6. The first-order valence-corrected chi connectivity index (χ1v) is 6.28. The van der Waals surface area contributed by atoms with Crippen LogP contribution in [-0.2, 0) is 0 Å². The Morgan fingerprint density at radius 2 is 2.33 bits per heavy atom. The van der Waals surface area contributed by atoms with Gasteiger partial charge in [-0.1, -0.05) is 13.3 Å². The highest BCUT2D eigenvalue weighted by Crippen LogP contribution is 2.48. The number of anilines is 1. The Bertz CT molecular complexity index is 579. The Morgan fingerprint density at radius 3 is 3.06 bits per heavy atom. The van der Waals surface area contributed by atoms with E-state index < -0.39 is 0 Å². The molecule has 1 aliphatic rings. The minimum atomic E-state index is 0.439. The smallest absolute Gasteiger partial charge is 0.245 e. The number of ether oxygens (including phenoxy) is 1. The van der Waals surface area contributed by atoms with E-state index in [0.717, 1.165) is 12.1 Å². The summed E-state index contributed by atoms with van der Waals surface area (Å²) in [5.41, 5.74) is 7.44. The number of aromatic nitrogens is 4. The van der Waals surface area contributed by atoms with Crippen LogP contribution in [0, 0.1) is 5.92 Å². The van der Waals surface area contributed by atoms with Gasteiger partial charge in [0.05, 0.1) is 7.11 Å². The lowest BCUT2D eigenvalue weighted by Crippen LogP contribution is -2.03. The summed E-state index contributed by atoms with van der Waals surface area (Å²) in [5.74, 6) is 1.70. The first-order valence-electron chi connectivity index (χ1n) is 6.28. The molecule has 96 valence electrons. The second kappa shape index (κ2) is 4.12. The molecule has 6 nitrogen and oxygen atoms in total. The zero-order chi connectivity index (χ0) is 12.7. The molecule has 2 aromatic heterocycles. The summed E-state index contributed by atoms with van der Waals surface area (Å²) in [4.78, 5) is 12.7. The van der Waals surface area contributed by atoms with E-state index in [2.05, 4.69) is 21.9 Å². The largest absolute Gasteiger partial charge is 0.479 e. The van der Waals surface area contributed by atoms with E-state index in [4.69, 9.17) is 10.5 Å². The van der Waals surface area contributed by atoms with Gasteiger partial charge in [-0.3, -0.25) is 4.57 Å². The molecule has 0 amide bonds. The highest BCUT2D eigenvalue weighted by atomic mass is 16.5. The van der Waals surface area contributed by atoms with Gasteiger partial charge >= 0.3 is 0 Å². The van der Waals surface area contributed by atoms with Crippen molar-refractivity contribution in [3.63, 3.8) is 0 Å². The average molecular weight is 247 g/mol. The summed E-state index contributed by atoms with van der Waals surface area (Å²) in [5, 5.41) is 0.